The van der Waals surface area contributed by atoms with E-state index in [2.05, 4.69) is 10.6 Å². The molecule has 0 aliphatic heterocycles. The van der Waals surface area contributed by atoms with Gasteiger partial charge in [-0.1, -0.05) is 0 Å². The van der Waals surface area contributed by atoms with Crippen LogP contribution < -0.4 is 10.6 Å². The van der Waals surface area contributed by atoms with Crippen LogP contribution in [0.4, 0.5) is 34.1 Å². The van der Waals surface area contributed by atoms with Crippen molar-refractivity contribution in [3.8, 4) is 0 Å². The minimum Gasteiger partial charge on any atom is -0.320 e. The molecule has 2 rings (SSSR count). The van der Waals surface area contributed by atoms with Crippen LogP contribution in [0.15, 0.2) is 36.4 Å². The number of nitrogens with zero attached hydrogens (tertiary/aromatic N) is 4. The molecule has 0 aliphatic rings. The number of non-ortho nitro benzene ring substituents is 2. The molecule has 0 saturated heterocycles. The second-order valence-corrected chi connectivity index (χ2v) is 6.73. The molecule has 2 aromatic carbocycles. The van der Waals surface area contributed by atoms with E-state index < -0.39 is 54.3 Å². The Hall–Kier alpha value is -5.02. The summed E-state index contributed by atoms with van der Waals surface area (Å²) in [5.41, 5.74) is -2.75. The van der Waals surface area contributed by atoms with Crippen LogP contribution in [0.25, 0.3) is 0 Å². The number of nitro groups is 4. The Morgan fingerprint density at radius 2 is 0.971 bits per heavy atom. The lowest BCUT2D eigenvalue weighted by Crippen LogP contribution is -2.14. The van der Waals surface area contributed by atoms with Crippen LogP contribution in [0, 0.1) is 40.5 Å². The molecule has 0 aliphatic carbocycles. The van der Waals surface area contributed by atoms with E-state index in [-0.39, 0.29) is 37.1 Å². The van der Waals surface area contributed by atoms with Crippen LogP contribution in [0.2, 0.25) is 0 Å². The van der Waals surface area contributed by atoms with Crippen molar-refractivity contribution < 1.29 is 29.3 Å². The third-order valence-corrected chi connectivity index (χ3v) is 4.38. The molecule has 0 atom stereocenters. The number of benzene rings is 2. The molecule has 0 saturated carbocycles. The highest BCUT2D eigenvalue weighted by Crippen LogP contribution is 2.30. The van der Waals surface area contributed by atoms with E-state index in [4.69, 9.17) is 0 Å². The van der Waals surface area contributed by atoms with Crippen molar-refractivity contribution in [2.24, 2.45) is 0 Å². The Bertz CT molecular complexity index is 1090. The fraction of sp³-hybridized carbons (Fsp3) is 0.222. The third-order valence-electron chi connectivity index (χ3n) is 4.38. The van der Waals surface area contributed by atoms with E-state index in [0.717, 1.165) is 36.4 Å². The number of hydrogen-bond donors (Lipinski definition) is 2. The predicted molar refractivity (Wildman–Crippen MR) is 115 cm³/mol. The van der Waals surface area contributed by atoms with Crippen LogP contribution in [-0.2, 0) is 9.59 Å². The maximum absolute atomic E-state index is 12.1. The summed E-state index contributed by atoms with van der Waals surface area (Å²) >= 11 is 0. The molecule has 0 bridgehead atoms. The quantitative estimate of drug-likeness (QED) is 0.272. The zero-order valence-electron chi connectivity index (χ0n) is 17.2. The number of carbonyl (C=O) groups excluding carboxylic acids is 2. The van der Waals surface area contributed by atoms with Crippen LogP contribution in [0.3, 0.4) is 0 Å². The van der Waals surface area contributed by atoms with Gasteiger partial charge in [0.2, 0.25) is 11.8 Å². The second-order valence-electron chi connectivity index (χ2n) is 6.73. The number of unbranched alkanes of at least 4 members (excludes halogenated alkanes) is 1. The summed E-state index contributed by atoms with van der Waals surface area (Å²) < 4.78 is 0. The summed E-state index contributed by atoms with van der Waals surface area (Å²) in [6.07, 6.45) is 0.114. The van der Waals surface area contributed by atoms with Gasteiger partial charge in [0.05, 0.1) is 31.8 Å². The molecule has 0 spiro atoms. The fourth-order valence-corrected chi connectivity index (χ4v) is 2.78. The first-order valence-corrected chi connectivity index (χ1v) is 9.45. The van der Waals surface area contributed by atoms with Gasteiger partial charge in [-0.2, -0.15) is 0 Å². The van der Waals surface area contributed by atoms with E-state index in [9.17, 15) is 50.0 Å². The van der Waals surface area contributed by atoms with E-state index in [1.807, 2.05) is 0 Å². The molecule has 34 heavy (non-hydrogen) atoms. The number of nitro benzene ring substituents is 4. The Balaban J connectivity index is 1.88. The van der Waals surface area contributed by atoms with E-state index in [1.165, 1.54) is 0 Å². The normalized spacial score (nSPS) is 10.2. The lowest BCUT2D eigenvalue weighted by Gasteiger charge is -2.07. The SMILES string of the molecule is O=C(CCCCC(=O)Nc1ccc([N+](=O)[O-])cc1[N+](=O)[O-])Nc1ccc([N+](=O)[O-])cc1[N+](=O)[O-]. The minimum absolute atomic E-state index is 0.126. The van der Waals surface area contributed by atoms with Gasteiger partial charge in [-0.3, -0.25) is 50.0 Å². The number of amides is 2. The zero-order chi connectivity index (χ0) is 25.4. The number of nitrogens with one attached hydrogen (secondary N) is 2. The van der Waals surface area contributed by atoms with Crippen molar-refractivity contribution >= 4 is 45.9 Å². The average Bonchev–Trinajstić information content (AvgIpc) is 2.76. The number of carbonyl (C=O) groups is 2. The molecular weight excluding hydrogens is 460 g/mol. The third kappa shape index (κ3) is 6.74. The van der Waals surface area contributed by atoms with Gasteiger partial charge in [-0.15, -0.1) is 0 Å². The molecule has 0 radical (unpaired) electrons. The molecule has 2 amide bonds. The second kappa shape index (κ2) is 11.0. The average molecular weight is 476 g/mol. The first-order chi connectivity index (χ1) is 16.0. The van der Waals surface area contributed by atoms with Crippen LogP contribution in [-0.4, -0.2) is 31.5 Å². The highest BCUT2D eigenvalue weighted by molar-refractivity contribution is 5.94. The Morgan fingerprint density at radius 3 is 1.26 bits per heavy atom. The fourth-order valence-electron chi connectivity index (χ4n) is 2.78. The van der Waals surface area contributed by atoms with Crippen molar-refractivity contribution in [3.05, 3.63) is 76.9 Å². The van der Waals surface area contributed by atoms with Gasteiger partial charge >= 0.3 is 0 Å². The van der Waals surface area contributed by atoms with Crippen molar-refractivity contribution in [1.29, 1.82) is 0 Å². The summed E-state index contributed by atoms with van der Waals surface area (Å²) in [6, 6.07) is 5.53. The van der Waals surface area contributed by atoms with E-state index in [1.54, 1.807) is 0 Å². The number of rotatable bonds is 11. The number of hydrogen-bond acceptors (Lipinski definition) is 10. The molecule has 178 valence electrons. The summed E-state index contributed by atoms with van der Waals surface area (Å²) in [5.74, 6) is -1.24. The van der Waals surface area contributed by atoms with E-state index in [0.29, 0.717) is 0 Å². The lowest BCUT2D eigenvalue weighted by atomic mass is 10.1. The van der Waals surface area contributed by atoms with Crippen molar-refractivity contribution in [3.63, 3.8) is 0 Å². The maximum Gasteiger partial charge on any atom is 0.299 e. The molecule has 2 aromatic rings. The minimum atomic E-state index is -0.871. The molecule has 2 N–H and O–H groups in total. The molecular formula is C18H16N6O10. The molecule has 0 heterocycles. The van der Waals surface area contributed by atoms with Crippen LogP contribution in [0.1, 0.15) is 25.7 Å². The van der Waals surface area contributed by atoms with Gasteiger partial charge in [0.25, 0.3) is 22.7 Å². The first kappa shape index (κ1) is 25.2. The lowest BCUT2D eigenvalue weighted by molar-refractivity contribution is -0.393. The standard InChI is InChI=1S/C18H16N6O10/c25-17(19-13-7-5-11(21(27)28)9-15(13)23(31)32)3-1-2-4-18(26)20-14-8-6-12(22(29)30)10-16(14)24(33)34/h5-10H,1-4H2,(H,19,25)(H,20,26). The molecule has 0 fully saturated rings. The highest BCUT2D eigenvalue weighted by atomic mass is 16.6. The van der Waals surface area contributed by atoms with Crippen LogP contribution in [0.5, 0.6) is 0 Å². The van der Waals surface area contributed by atoms with Gasteiger partial charge < -0.3 is 10.6 Å². The van der Waals surface area contributed by atoms with Gasteiger partial charge in [0.15, 0.2) is 0 Å². The predicted octanol–water partition coefficient (Wildman–Crippen LogP) is 3.46. The number of anilines is 2. The zero-order valence-corrected chi connectivity index (χ0v) is 17.2. The summed E-state index contributed by atoms with van der Waals surface area (Å²) in [4.78, 5) is 64.4. The molecule has 0 aromatic heterocycles. The van der Waals surface area contributed by atoms with Crippen molar-refractivity contribution in [2.45, 2.75) is 25.7 Å². The van der Waals surface area contributed by atoms with Crippen LogP contribution >= 0.6 is 0 Å². The van der Waals surface area contributed by atoms with Gasteiger partial charge in [0, 0.05) is 25.0 Å². The van der Waals surface area contributed by atoms with Gasteiger partial charge in [0.1, 0.15) is 11.4 Å². The largest absolute Gasteiger partial charge is 0.320 e. The first-order valence-electron chi connectivity index (χ1n) is 9.45. The highest BCUT2D eigenvalue weighted by Gasteiger charge is 2.22. The topological polar surface area (TPSA) is 231 Å². The van der Waals surface area contributed by atoms with Crippen molar-refractivity contribution in [2.75, 3.05) is 10.6 Å². The Morgan fingerprint density at radius 1 is 0.618 bits per heavy atom. The Labute approximate surface area is 189 Å². The molecule has 0 unspecified atom stereocenters. The van der Waals surface area contributed by atoms with Gasteiger partial charge in [-0.25, -0.2) is 0 Å². The van der Waals surface area contributed by atoms with E-state index >= 15 is 0 Å². The van der Waals surface area contributed by atoms with Crippen molar-refractivity contribution in [1.82, 2.24) is 0 Å². The summed E-state index contributed by atoms with van der Waals surface area (Å²) in [7, 11) is 0. The molecule has 16 nitrogen and oxygen atoms in total. The molecule has 16 heteroatoms. The Kier molecular flexibility index (Phi) is 8.19. The summed E-state index contributed by atoms with van der Waals surface area (Å²) in [5, 5.41) is 48.3. The maximum atomic E-state index is 12.1. The smallest absolute Gasteiger partial charge is 0.299 e. The monoisotopic (exact) mass is 476 g/mol. The summed E-state index contributed by atoms with van der Waals surface area (Å²) in [6.45, 7) is 0. The van der Waals surface area contributed by atoms with Gasteiger partial charge in [-0.05, 0) is 25.0 Å².